The SMILES string of the molecule is O=C(c1ccccc1S(=O)(=O)N1CCCCC1)N1CCC(c2nnc3ccccn23)CC1. The molecule has 1 aromatic carbocycles. The maximum atomic E-state index is 13.4. The molecular weight excluding hydrogens is 426 g/mol. The zero-order chi connectivity index (χ0) is 22.1. The van der Waals surface area contributed by atoms with Gasteiger partial charge in [0.1, 0.15) is 5.82 Å². The molecule has 4 heterocycles. The van der Waals surface area contributed by atoms with Crippen molar-refractivity contribution in [1.82, 2.24) is 23.8 Å². The number of rotatable bonds is 4. The van der Waals surface area contributed by atoms with Gasteiger partial charge in [0.05, 0.1) is 10.5 Å². The number of likely N-dealkylation sites (tertiary alicyclic amines) is 1. The van der Waals surface area contributed by atoms with Gasteiger partial charge in [-0.15, -0.1) is 10.2 Å². The lowest BCUT2D eigenvalue weighted by Crippen LogP contribution is -2.40. The topological polar surface area (TPSA) is 87.9 Å². The van der Waals surface area contributed by atoms with E-state index in [1.54, 1.807) is 29.2 Å². The van der Waals surface area contributed by atoms with Crippen molar-refractivity contribution in [3.63, 3.8) is 0 Å². The fourth-order valence-electron chi connectivity index (χ4n) is 4.76. The van der Waals surface area contributed by atoms with E-state index in [9.17, 15) is 13.2 Å². The molecule has 5 rings (SSSR count). The number of carbonyl (C=O) groups excluding carboxylic acids is 1. The Balaban J connectivity index is 1.34. The van der Waals surface area contributed by atoms with Crippen molar-refractivity contribution >= 4 is 21.6 Å². The van der Waals surface area contributed by atoms with Crippen molar-refractivity contribution in [1.29, 1.82) is 0 Å². The van der Waals surface area contributed by atoms with E-state index in [1.807, 2.05) is 28.8 Å². The Morgan fingerprint density at radius 1 is 0.875 bits per heavy atom. The number of hydrogen-bond donors (Lipinski definition) is 0. The molecule has 1 amide bonds. The minimum Gasteiger partial charge on any atom is -0.339 e. The van der Waals surface area contributed by atoms with Crippen molar-refractivity contribution in [3.05, 3.63) is 60.0 Å². The van der Waals surface area contributed by atoms with E-state index in [1.165, 1.54) is 4.31 Å². The summed E-state index contributed by atoms with van der Waals surface area (Å²) < 4.78 is 30.1. The monoisotopic (exact) mass is 453 g/mol. The number of fused-ring (bicyclic) bond motifs is 1. The van der Waals surface area contributed by atoms with Gasteiger partial charge in [-0.2, -0.15) is 4.31 Å². The fraction of sp³-hybridized carbons (Fsp3) is 0.435. The molecule has 0 bridgehead atoms. The minimum atomic E-state index is -3.68. The van der Waals surface area contributed by atoms with Crippen LogP contribution in [-0.2, 0) is 10.0 Å². The van der Waals surface area contributed by atoms with Crippen molar-refractivity contribution in [3.8, 4) is 0 Å². The largest absolute Gasteiger partial charge is 0.339 e. The number of hydrogen-bond acceptors (Lipinski definition) is 5. The summed E-state index contributed by atoms with van der Waals surface area (Å²) in [6.07, 6.45) is 6.26. The predicted octanol–water partition coefficient (Wildman–Crippen LogP) is 2.92. The maximum Gasteiger partial charge on any atom is 0.255 e. The summed E-state index contributed by atoms with van der Waals surface area (Å²) >= 11 is 0. The molecule has 168 valence electrons. The van der Waals surface area contributed by atoms with E-state index in [-0.39, 0.29) is 22.3 Å². The second-order valence-corrected chi connectivity index (χ2v) is 10.4. The first-order valence-electron chi connectivity index (χ1n) is 11.2. The first-order valence-corrected chi connectivity index (χ1v) is 12.7. The molecule has 0 spiro atoms. The predicted molar refractivity (Wildman–Crippen MR) is 120 cm³/mol. The summed E-state index contributed by atoms with van der Waals surface area (Å²) in [5.74, 6) is 0.912. The first kappa shape index (κ1) is 21.1. The lowest BCUT2D eigenvalue weighted by atomic mass is 9.95. The summed E-state index contributed by atoms with van der Waals surface area (Å²) in [5, 5.41) is 8.61. The van der Waals surface area contributed by atoms with Crippen LogP contribution in [0.25, 0.3) is 5.65 Å². The van der Waals surface area contributed by atoms with Crippen LogP contribution in [0, 0.1) is 0 Å². The third kappa shape index (κ3) is 3.80. The van der Waals surface area contributed by atoms with E-state index in [0.29, 0.717) is 26.2 Å². The Hall–Kier alpha value is -2.78. The third-order valence-electron chi connectivity index (χ3n) is 6.54. The Labute approximate surface area is 187 Å². The van der Waals surface area contributed by atoms with E-state index in [4.69, 9.17) is 0 Å². The van der Waals surface area contributed by atoms with Gasteiger partial charge in [0.2, 0.25) is 10.0 Å². The standard InChI is InChI=1S/C23H27N5O3S/c29-23(19-8-2-3-9-20(19)32(30,31)27-13-5-1-6-14-27)26-16-11-18(12-17-26)22-25-24-21-10-4-7-15-28(21)22/h2-4,7-10,15,18H,1,5-6,11-14,16-17H2. The molecule has 8 nitrogen and oxygen atoms in total. The molecule has 9 heteroatoms. The van der Waals surface area contributed by atoms with E-state index >= 15 is 0 Å². The number of sulfonamides is 1. The van der Waals surface area contributed by atoms with Crippen LogP contribution in [-0.4, -0.2) is 64.3 Å². The molecule has 3 aromatic rings. The van der Waals surface area contributed by atoms with Crippen molar-refractivity contribution in [2.45, 2.75) is 42.9 Å². The Morgan fingerprint density at radius 2 is 1.59 bits per heavy atom. The van der Waals surface area contributed by atoms with Crippen LogP contribution in [0.2, 0.25) is 0 Å². The normalized spacial score (nSPS) is 18.8. The Morgan fingerprint density at radius 3 is 2.38 bits per heavy atom. The average molecular weight is 454 g/mol. The van der Waals surface area contributed by atoms with Gasteiger partial charge in [0.25, 0.3) is 5.91 Å². The minimum absolute atomic E-state index is 0.123. The van der Waals surface area contributed by atoms with Crippen LogP contribution in [0.1, 0.15) is 54.2 Å². The molecule has 0 atom stereocenters. The third-order valence-corrected chi connectivity index (χ3v) is 8.49. The Kier molecular flexibility index (Phi) is 5.69. The van der Waals surface area contributed by atoms with Gasteiger partial charge in [0.15, 0.2) is 5.65 Å². The molecule has 0 N–H and O–H groups in total. The van der Waals surface area contributed by atoms with E-state index in [0.717, 1.165) is 43.6 Å². The highest BCUT2D eigenvalue weighted by Crippen LogP contribution is 2.30. The van der Waals surface area contributed by atoms with Crippen LogP contribution >= 0.6 is 0 Å². The molecule has 2 fully saturated rings. The molecule has 0 radical (unpaired) electrons. The van der Waals surface area contributed by atoms with Crippen LogP contribution in [0.4, 0.5) is 0 Å². The maximum absolute atomic E-state index is 13.4. The number of nitrogens with zero attached hydrogens (tertiary/aromatic N) is 5. The zero-order valence-corrected chi connectivity index (χ0v) is 18.7. The lowest BCUT2D eigenvalue weighted by Gasteiger charge is -2.32. The molecule has 2 saturated heterocycles. The van der Waals surface area contributed by atoms with Crippen molar-refractivity contribution in [2.75, 3.05) is 26.2 Å². The van der Waals surface area contributed by atoms with Gasteiger partial charge in [-0.25, -0.2) is 8.42 Å². The van der Waals surface area contributed by atoms with Gasteiger partial charge in [0, 0.05) is 38.3 Å². The molecular formula is C23H27N5O3S. The first-order chi connectivity index (χ1) is 15.6. The molecule has 2 aliphatic heterocycles. The van der Waals surface area contributed by atoms with Crippen LogP contribution in [0.3, 0.4) is 0 Å². The summed E-state index contributed by atoms with van der Waals surface area (Å²) in [5.41, 5.74) is 1.09. The number of benzene rings is 1. The highest BCUT2D eigenvalue weighted by molar-refractivity contribution is 7.89. The smallest absolute Gasteiger partial charge is 0.255 e. The van der Waals surface area contributed by atoms with Crippen LogP contribution < -0.4 is 0 Å². The zero-order valence-electron chi connectivity index (χ0n) is 17.9. The Bertz CT molecular complexity index is 1230. The molecule has 2 aromatic heterocycles. The van der Waals surface area contributed by atoms with Gasteiger partial charge < -0.3 is 4.90 Å². The molecule has 0 aliphatic carbocycles. The van der Waals surface area contributed by atoms with Gasteiger partial charge >= 0.3 is 0 Å². The van der Waals surface area contributed by atoms with Gasteiger partial charge in [-0.3, -0.25) is 9.20 Å². The summed E-state index contributed by atoms with van der Waals surface area (Å²) in [6.45, 7) is 2.15. The lowest BCUT2D eigenvalue weighted by molar-refractivity contribution is 0.0706. The van der Waals surface area contributed by atoms with Crippen molar-refractivity contribution in [2.24, 2.45) is 0 Å². The molecule has 2 aliphatic rings. The van der Waals surface area contributed by atoms with E-state index in [2.05, 4.69) is 10.2 Å². The summed E-state index contributed by atoms with van der Waals surface area (Å²) in [7, 11) is -3.68. The van der Waals surface area contributed by atoms with Crippen LogP contribution in [0.15, 0.2) is 53.6 Å². The summed E-state index contributed by atoms with van der Waals surface area (Å²) in [6, 6.07) is 12.4. The number of aromatic nitrogens is 3. The molecule has 0 saturated carbocycles. The number of carbonyl (C=O) groups is 1. The fourth-order valence-corrected chi connectivity index (χ4v) is 6.46. The van der Waals surface area contributed by atoms with Crippen molar-refractivity contribution < 1.29 is 13.2 Å². The number of piperidine rings is 2. The quantitative estimate of drug-likeness (QED) is 0.606. The summed E-state index contributed by atoms with van der Waals surface area (Å²) in [4.78, 5) is 15.3. The molecule has 32 heavy (non-hydrogen) atoms. The second kappa shape index (κ2) is 8.63. The number of amides is 1. The van der Waals surface area contributed by atoms with Crippen LogP contribution in [0.5, 0.6) is 0 Å². The number of pyridine rings is 1. The average Bonchev–Trinajstić information content (AvgIpc) is 3.28. The van der Waals surface area contributed by atoms with Gasteiger partial charge in [-0.1, -0.05) is 24.6 Å². The highest BCUT2D eigenvalue weighted by Gasteiger charge is 2.33. The van der Waals surface area contributed by atoms with Gasteiger partial charge in [-0.05, 0) is 49.9 Å². The highest BCUT2D eigenvalue weighted by atomic mass is 32.2. The van der Waals surface area contributed by atoms with E-state index < -0.39 is 10.0 Å². The molecule has 0 unspecified atom stereocenters. The second-order valence-electron chi connectivity index (χ2n) is 8.51.